The smallest absolute Gasteiger partial charge is 0.428 e. The number of ether oxygens (including phenoxy) is 4. The van der Waals surface area contributed by atoms with E-state index in [4.69, 9.17) is 9.47 Å². The zero-order valence-corrected chi connectivity index (χ0v) is 84.9. The second-order valence-corrected chi connectivity index (χ2v) is 44.6. The van der Waals surface area contributed by atoms with Gasteiger partial charge in [0.2, 0.25) is 0 Å². The van der Waals surface area contributed by atoms with Gasteiger partial charge in [0.15, 0.2) is 79.0 Å². The van der Waals surface area contributed by atoms with Crippen LogP contribution in [0.1, 0.15) is 69.6 Å². The third-order valence-corrected chi connectivity index (χ3v) is 32.1. The van der Waals surface area contributed by atoms with Crippen molar-refractivity contribution in [3.05, 3.63) is 460 Å². The lowest BCUT2D eigenvalue weighted by Crippen LogP contribution is -2.40. The van der Waals surface area contributed by atoms with Crippen molar-refractivity contribution in [3.8, 4) is 0 Å². The van der Waals surface area contributed by atoms with Gasteiger partial charge in [-0.1, -0.05) is 269 Å². The summed E-state index contributed by atoms with van der Waals surface area (Å²) in [6, 6.07) is 136. The highest BCUT2D eigenvalue weighted by molar-refractivity contribution is 7.98. The molecule has 0 heterocycles. The summed E-state index contributed by atoms with van der Waals surface area (Å²) in [4.78, 5) is 59.7. The molecule has 14 aromatic carbocycles. The minimum atomic E-state index is -6.14. The molecule has 20 nitrogen and oxygen atoms in total. The van der Waals surface area contributed by atoms with Gasteiger partial charge in [-0.05, 0) is 234 Å². The number of aryl methyl sites for hydroxylation is 1. The Balaban J connectivity index is 0.000000202. The van der Waals surface area contributed by atoms with Gasteiger partial charge in [0, 0.05) is 23.1 Å². The van der Waals surface area contributed by atoms with Gasteiger partial charge in [-0.2, -0.15) is 17.6 Å². The highest BCUT2D eigenvalue weighted by atomic mass is 32.2. The summed E-state index contributed by atoms with van der Waals surface area (Å²) in [6.45, 7) is 19.2. The number of alkyl halides is 4. The van der Waals surface area contributed by atoms with E-state index in [2.05, 4.69) is 400 Å². The Hall–Kier alpha value is -13.4. The molecule has 0 amide bonds. The summed E-state index contributed by atoms with van der Waals surface area (Å²) >= 11 is 0. The molecule has 15 rings (SSSR count). The van der Waals surface area contributed by atoms with E-state index in [-0.39, 0.29) is 97.3 Å². The zero-order chi connectivity index (χ0) is 105. The normalized spacial score (nSPS) is 12.9. The van der Waals surface area contributed by atoms with E-state index in [9.17, 15) is 93.0 Å². The number of hydrogen-bond donors (Lipinski definition) is 0. The van der Waals surface area contributed by atoms with Crippen LogP contribution in [0.4, 0.5) is 22.0 Å². The van der Waals surface area contributed by atoms with Gasteiger partial charge in [-0.25, -0.2) is 57.2 Å². The van der Waals surface area contributed by atoms with E-state index in [1.54, 1.807) is 19.1 Å². The maximum atomic E-state index is 12.9. The average molecular weight is 2110 g/mol. The first-order valence-electron chi connectivity index (χ1n) is 44.0. The van der Waals surface area contributed by atoms with E-state index in [1.807, 2.05) is 0 Å². The SMILES string of the molecule is C=C(C)C(=O)OC(C)CCCOC(=O)C(F)(F)S(=O)(=O)[O-].C=C(C)C(=O)OC1CCC(OC(=O)C(F)(F)S(=O)(=O)[O-])C1.C=Cc1ccc(S(=O)(=O)[O-])cc1C.C=Cc1ccc(S(=O)(=O)[O-])cc1F.c1ccc([S+](c2ccccc2)c2ccccc2)cc1.c1ccc([S+](c2ccccc2)c2ccccc2)cc1.c1ccc([S+](c2ccccc2)c2ccccc2)cc1.c1ccc([S+](c2ccccc2)c2ccccc2)cc1. The molecule has 1 aliphatic carbocycles. The van der Waals surface area contributed by atoms with E-state index in [0.29, 0.717) is 6.07 Å². The van der Waals surface area contributed by atoms with Gasteiger partial charge in [0.25, 0.3) is 0 Å². The third kappa shape index (κ3) is 36.8. The number of esters is 4. The van der Waals surface area contributed by atoms with Crippen LogP contribution < -0.4 is 0 Å². The van der Waals surface area contributed by atoms with Crippen LogP contribution in [0.3, 0.4) is 0 Å². The molecule has 1 aliphatic rings. The summed E-state index contributed by atoms with van der Waals surface area (Å²) in [5.41, 5.74) is 2.06. The first kappa shape index (κ1) is 116. The Bertz CT molecular complexity index is 6010. The lowest BCUT2D eigenvalue weighted by atomic mass is 10.1. The molecule has 3 atom stereocenters. The molecule has 750 valence electrons. The molecule has 0 radical (unpaired) electrons. The number of halogens is 5. The second-order valence-electron chi connectivity index (χ2n) is 30.9. The molecular weight excluding hydrogens is 2000 g/mol. The van der Waals surface area contributed by atoms with Gasteiger partial charge in [0.1, 0.15) is 38.3 Å². The predicted molar refractivity (Wildman–Crippen MR) is 548 cm³/mol. The number of carbonyl (C=O) groups is 4. The first-order valence-corrected chi connectivity index (χ1v) is 54.5. The Morgan fingerprint density at radius 2 is 0.604 bits per heavy atom. The number of rotatable bonds is 29. The van der Waals surface area contributed by atoms with Crippen LogP contribution in [0.25, 0.3) is 12.2 Å². The molecule has 1 fully saturated rings. The van der Waals surface area contributed by atoms with E-state index in [0.717, 1.165) is 17.2 Å². The standard InChI is InChI=1S/4C18H15S.C11H14F2O7S.C11H16F2O7S.C9H10O3S.C8H7FO3S/c4*1-4-10-16(11-5-1)19(17-12-6-2-7-13-17)18-14-8-3-9-15-18;1-6(2)9(14)19-7-3-4-8(5-7)20-10(15)11(12,13)21(16,17)18;1-7(2)9(14)20-8(3)5-4-6-19-10(15)11(12,13)21(16,17)18;1-3-8-4-5-9(6-7(8)2)13(10,11)12;1-2-6-3-4-7(5-8(6)9)13(10,11)12/h4*1-15H;7-8H,1,3-5H2,2H3,(H,16,17,18);8H,1,4-6H2,2-3H3,(H,16,17,18);3-6H,1H2,2H3,(H,10,11,12);2-5H,1H2,(H,10,11,12)/q4*+1;;;;/p-4. The minimum absolute atomic E-state index is 0.0146. The van der Waals surface area contributed by atoms with Crippen molar-refractivity contribution in [2.45, 2.75) is 157 Å². The van der Waals surface area contributed by atoms with Gasteiger partial charge < -0.3 is 37.2 Å². The lowest BCUT2D eigenvalue weighted by Gasteiger charge is -2.20. The van der Waals surface area contributed by atoms with Gasteiger partial charge in [-0.3, -0.25) is 0 Å². The molecule has 0 saturated heterocycles. The Kier molecular flexibility index (Phi) is 46.0. The fraction of sp³-hybridized carbons (Fsp3) is 0.135. The van der Waals surface area contributed by atoms with E-state index < -0.39 is 110 Å². The van der Waals surface area contributed by atoms with Crippen LogP contribution in [0, 0.1) is 12.7 Å². The molecule has 33 heteroatoms. The van der Waals surface area contributed by atoms with E-state index >= 15 is 0 Å². The summed E-state index contributed by atoms with van der Waals surface area (Å²) in [5.74, 6) is -6.91. The van der Waals surface area contributed by atoms with Crippen LogP contribution in [-0.2, 0) is 122 Å². The third-order valence-electron chi connectivity index (χ3n) is 20.0. The summed E-state index contributed by atoms with van der Waals surface area (Å²) < 4.78 is 207. The molecule has 0 aliphatic heterocycles. The first-order chi connectivity index (χ1) is 68.5. The van der Waals surface area contributed by atoms with Crippen LogP contribution in [0.2, 0.25) is 0 Å². The van der Waals surface area contributed by atoms with Crippen molar-refractivity contribution in [3.63, 3.8) is 0 Å². The molecular formula is C111H103F5O20S8. The minimum Gasteiger partial charge on any atom is -0.744 e. The van der Waals surface area contributed by atoms with Crippen molar-refractivity contribution in [1.82, 2.24) is 0 Å². The quantitative estimate of drug-likeness (QED) is 0.00799. The zero-order valence-electron chi connectivity index (χ0n) is 78.4. The van der Waals surface area contributed by atoms with E-state index in [1.165, 1.54) is 104 Å². The van der Waals surface area contributed by atoms with Crippen molar-refractivity contribution in [1.29, 1.82) is 0 Å². The summed E-state index contributed by atoms with van der Waals surface area (Å²) in [5, 5.41) is -10.3. The Morgan fingerprint density at radius 1 is 0.368 bits per heavy atom. The monoisotopic (exact) mass is 2110 g/mol. The summed E-state index contributed by atoms with van der Waals surface area (Å²) in [6.07, 6.45) is 1.09. The number of hydrogen-bond acceptors (Lipinski definition) is 20. The topological polar surface area (TPSA) is 334 Å². The second kappa shape index (κ2) is 57.2. The van der Waals surface area contributed by atoms with Crippen molar-refractivity contribution < 1.29 is 112 Å². The molecule has 0 aromatic heterocycles. The number of benzene rings is 14. The molecule has 0 bridgehead atoms. The maximum absolute atomic E-state index is 12.9. The highest BCUT2D eigenvalue weighted by Crippen LogP contribution is 2.37. The predicted octanol–water partition coefficient (Wildman–Crippen LogP) is 23.7. The molecule has 14 aromatic rings. The van der Waals surface area contributed by atoms with Crippen molar-refractivity contribution >= 4 is 120 Å². The molecule has 1 saturated carbocycles. The van der Waals surface area contributed by atoms with Crippen LogP contribution in [-0.4, -0.2) is 111 Å². The molecule has 144 heavy (non-hydrogen) atoms. The van der Waals surface area contributed by atoms with Crippen LogP contribution >= 0.6 is 0 Å². The fourth-order valence-electron chi connectivity index (χ4n) is 12.9. The molecule has 0 N–H and O–H groups in total. The van der Waals surface area contributed by atoms with Crippen molar-refractivity contribution in [2.24, 2.45) is 0 Å². The maximum Gasteiger partial charge on any atom is 0.428 e. The largest absolute Gasteiger partial charge is 0.744 e. The molecule has 0 spiro atoms. The van der Waals surface area contributed by atoms with Crippen LogP contribution in [0.15, 0.2) is 506 Å². The van der Waals surface area contributed by atoms with Gasteiger partial charge in [-0.15, -0.1) is 0 Å². The fourth-order valence-corrected chi connectivity index (χ4v) is 22.9. The highest BCUT2D eigenvalue weighted by Gasteiger charge is 2.51. The lowest BCUT2D eigenvalue weighted by molar-refractivity contribution is -0.167. The average Bonchev–Trinajstić information content (AvgIpc) is 1.74. The number of carbonyl (C=O) groups excluding carboxylic acids is 4. The van der Waals surface area contributed by atoms with Gasteiger partial charge in [0.05, 0.1) is 66.1 Å². The van der Waals surface area contributed by atoms with Crippen molar-refractivity contribution in [2.75, 3.05) is 6.61 Å². The molecule has 3 unspecified atom stereocenters. The Labute approximate surface area is 849 Å². The Morgan fingerprint density at radius 3 is 0.826 bits per heavy atom. The van der Waals surface area contributed by atoms with Crippen LogP contribution in [0.5, 0.6) is 0 Å². The summed E-state index contributed by atoms with van der Waals surface area (Å²) in [7, 11) is -21.2. The van der Waals surface area contributed by atoms with Gasteiger partial charge >= 0.3 is 34.4 Å².